The molecule has 19 heavy (non-hydrogen) atoms. The minimum absolute atomic E-state index is 0.0769. The zero-order chi connectivity index (χ0) is 14.2. The second kappa shape index (κ2) is 4.80. The van der Waals surface area contributed by atoms with Crippen molar-refractivity contribution in [2.45, 2.75) is 18.6 Å². The molecule has 2 N–H and O–H groups in total. The molecule has 1 fully saturated rings. The summed E-state index contributed by atoms with van der Waals surface area (Å²) in [6.45, 7) is 0.121. The molecule has 3 nitrogen and oxygen atoms in total. The molecule has 1 aromatic carbocycles. The highest BCUT2D eigenvalue weighted by atomic mass is 19.4. The summed E-state index contributed by atoms with van der Waals surface area (Å²) < 4.78 is 51.2. The predicted molar refractivity (Wildman–Crippen MR) is 57.9 cm³/mol. The van der Waals surface area contributed by atoms with E-state index in [1.54, 1.807) is 0 Å². The smallest absolute Gasteiger partial charge is 0.416 e. The fraction of sp³-hybridized carbons (Fsp3) is 0.417. The molecular weight excluding hydrogens is 266 g/mol. The number of hydrogen-bond acceptors (Lipinski definition) is 2. The average Bonchev–Trinajstić information content (AvgIpc) is 2.77. The molecule has 1 aliphatic rings. The van der Waals surface area contributed by atoms with E-state index in [2.05, 4.69) is 5.32 Å². The van der Waals surface area contributed by atoms with Crippen LogP contribution in [-0.2, 0) is 11.0 Å². The molecule has 2 rings (SSSR count). The second-order valence-corrected chi connectivity index (χ2v) is 4.47. The van der Waals surface area contributed by atoms with Gasteiger partial charge < -0.3 is 10.4 Å². The number of carbonyl (C=O) groups is 1. The van der Waals surface area contributed by atoms with E-state index >= 15 is 0 Å². The van der Waals surface area contributed by atoms with Crippen LogP contribution in [0.2, 0.25) is 0 Å². The van der Waals surface area contributed by atoms with E-state index in [1.807, 2.05) is 0 Å². The summed E-state index contributed by atoms with van der Waals surface area (Å²) in [5.74, 6) is -2.52. The van der Waals surface area contributed by atoms with E-state index in [0.29, 0.717) is 6.07 Å². The van der Waals surface area contributed by atoms with Crippen molar-refractivity contribution in [2.24, 2.45) is 5.92 Å². The van der Waals surface area contributed by atoms with Gasteiger partial charge in [-0.15, -0.1) is 0 Å². The third-order valence-corrected chi connectivity index (χ3v) is 3.18. The Balaban J connectivity index is 2.28. The highest BCUT2D eigenvalue weighted by Crippen LogP contribution is 2.34. The van der Waals surface area contributed by atoms with Gasteiger partial charge in [-0.05, 0) is 24.6 Å². The molecule has 1 saturated heterocycles. The molecule has 1 heterocycles. The van der Waals surface area contributed by atoms with Crippen LogP contribution in [0.5, 0.6) is 0 Å². The Bertz CT molecular complexity index is 501. The van der Waals surface area contributed by atoms with Gasteiger partial charge in [-0.25, -0.2) is 4.39 Å². The molecule has 0 radical (unpaired) electrons. The highest BCUT2D eigenvalue weighted by Gasteiger charge is 2.35. The molecule has 0 amide bonds. The third kappa shape index (κ3) is 2.86. The third-order valence-electron chi connectivity index (χ3n) is 3.18. The Labute approximate surface area is 106 Å². The van der Waals surface area contributed by atoms with Crippen LogP contribution in [0.3, 0.4) is 0 Å². The summed E-state index contributed by atoms with van der Waals surface area (Å²) in [4.78, 5) is 10.8. The summed E-state index contributed by atoms with van der Waals surface area (Å²) in [7, 11) is 0. The fourth-order valence-electron chi connectivity index (χ4n) is 2.15. The van der Waals surface area contributed by atoms with E-state index in [-0.39, 0.29) is 18.5 Å². The van der Waals surface area contributed by atoms with Crippen LogP contribution in [0.4, 0.5) is 17.6 Å². The van der Waals surface area contributed by atoms with Gasteiger partial charge in [-0.2, -0.15) is 13.2 Å². The highest BCUT2D eigenvalue weighted by molar-refractivity contribution is 5.70. The van der Waals surface area contributed by atoms with Crippen LogP contribution in [0, 0.1) is 11.7 Å². The first-order valence-electron chi connectivity index (χ1n) is 5.62. The van der Waals surface area contributed by atoms with Gasteiger partial charge >= 0.3 is 12.1 Å². The van der Waals surface area contributed by atoms with Gasteiger partial charge in [-0.3, -0.25) is 4.79 Å². The Morgan fingerprint density at radius 3 is 2.58 bits per heavy atom. The Kier molecular flexibility index (Phi) is 3.49. The van der Waals surface area contributed by atoms with Crippen LogP contribution >= 0.6 is 0 Å². The zero-order valence-corrected chi connectivity index (χ0v) is 9.67. The van der Waals surface area contributed by atoms with E-state index in [9.17, 15) is 22.4 Å². The van der Waals surface area contributed by atoms with Crippen LogP contribution in [-0.4, -0.2) is 17.6 Å². The Morgan fingerprint density at radius 2 is 2.05 bits per heavy atom. The monoisotopic (exact) mass is 277 g/mol. The maximum absolute atomic E-state index is 13.6. The normalized spacial score (nSPS) is 23.6. The molecule has 0 bridgehead atoms. The lowest BCUT2D eigenvalue weighted by Gasteiger charge is -2.14. The van der Waals surface area contributed by atoms with Crippen LogP contribution < -0.4 is 5.32 Å². The lowest BCUT2D eigenvalue weighted by atomic mass is 9.98. The molecule has 0 aromatic heterocycles. The number of alkyl halides is 3. The predicted octanol–water partition coefficient (Wildman–Crippen LogP) is 2.58. The molecule has 0 spiro atoms. The standard InChI is InChI=1S/C12H11F4NO2/c13-9-2-1-7(12(14,15)16)4-8(9)10-3-6(5-17-10)11(18)19/h1-2,4,6,10,17H,3,5H2,(H,18,19). The number of nitrogens with one attached hydrogen (secondary N) is 1. The van der Waals surface area contributed by atoms with Crippen LogP contribution in [0.1, 0.15) is 23.6 Å². The van der Waals surface area contributed by atoms with E-state index in [1.165, 1.54) is 0 Å². The summed E-state index contributed by atoms with van der Waals surface area (Å²) in [6.07, 6.45) is -4.47. The number of benzene rings is 1. The van der Waals surface area contributed by atoms with Crippen molar-refractivity contribution in [2.75, 3.05) is 6.54 Å². The summed E-state index contributed by atoms with van der Waals surface area (Å²) >= 11 is 0. The van der Waals surface area contributed by atoms with Crippen molar-refractivity contribution in [1.82, 2.24) is 5.32 Å². The van der Waals surface area contributed by atoms with Crippen LogP contribution in [0.15, 0.2) is 18.2 Å². The molecule has 104 valence electrons. The van der Waals surface area contributed by atoms with E-state index in [0.717, 1.165) is 12.1 Å². The molecule has 1 aliphatic heterocycles. The number of rotatable bonds is 2. The summed E-state index contributed by atoms with van der Waals surface area (Å²) in [6, 6.07) is 1.46. The first-order chi connectivity index (χ1) is 8.79. The SMILES string of the molecule is O=C(O)C1CNC(c2cc(C(F)(F)F)ccc2F)C1. The molecule has 7 heteroatoms. The first-order valence-corrected chi connectivity index (χ1v) is 5.62. The lowest BCUT2D eigenvalue weighted by molar-refractivity contribution is -0.141. The van der Waals surface area contributed by atoms with Gasteiger partial charge in [-0.1, -0.05) is 0 Å². The molecular formula is C12H11F4NO2. The maximum Gasteiger partial charge on any atom is 0.416 e. The van der Waals surface area contributed by atoms with Crippen molar-refractivity contribution < 1.29 is 27.5 Å². The Morgan fingerprint density at radius 1 is 1.37 bits per heavy atom. The minimum Gasteiger partial charge on any atom is -0.481 e. The molecule has 2 unspecified atom stereocenters. The number of carboxylic acid groups (broad SMARTS) is 1. The van der Waals surface area contributed by atoms with Gasteiger partial charge in [0.05, 0.1) is 11.5 Å². The largest absolute Gasteiger partial charge is 0.481 e. The quantitative estimate of drug-likeness (QED) is 0.817. The zero-order valence-electron chi connectivity index (χ0n) is 9.67. The van der Waals surface area contributed by atoms with Gasteiger partial charge in [0.15, 0.2) is 0 Å². The number of halogens is 4. The summed E-state index contributed by atoms with van der Waals surface area (Å²) in [5, 5.41) is 11.6. The van der Waals surface area contributed by atoms with Crippen molar-refractivity contribution in [3.05, 3.63) is 35.1 Å². The topological polar surface area (TPSA) is 49.3 Å². The van der Waals surface area contributed by atoms with Crippen molar-refractivity contribution in [3.63, 3.8) is 0 Å². The van der Waals surface area contributed by atoms with E-state index in [4.69, 9.17) is 5.11 Å². The van der Waals surface area contributed by atoms with E-state index < -0.39 is 35.5 Å². The number of aliphatic carboxylic acids is 1. The average molecular weight is 277 g/mol. The van der Waals surface area contributed by atoms with Gasteiger partial charge in [0.2, 0.25) is 0 Å². The molecule has 2 atom stereocenters. The first kappa shape index (κ1) is 13.8. The van der Waals surface area contributed by atoms with Crippen molar-refractivity contribution in [3.8, 4) is 0 Å². The fourth-order valence-corrected chi connectivity index (χ4v) is 2.15. The van der Waals surface area contributed by atoms with Crippen LogP contribution in [0.25, 0.3) is 0 Å². The Hall–Kier alpha value is -1.63. The van der Waals surface area contributed by atoms with Crippen molar-refractivity contribution in [1.29, 1.82) is 0 Å². The number of carboxylic acids is 1. The second-order valence-electron chi connectivity index (χ2n) is 4.47. The summed E-state index contributed by atoms with van der Waals surface area (Å²) in [5.41, 5.74) is -1.08. The van der Waals surface area contributed by atoms with Gasteiger partial charge in [0.1, 0.15) is 5.82 Å². The minimum atomic E-state index is -4.55. The molecule has 0 aliphatic carbocycles. The molecule has 1 aromatic rings. The molecule has 0 saturated carbocycles. The number of hydrogen-bond donors (Lipinski definition) is 2. The van der Waals surface area contributed by atoms with Crippen molar-refractivity contribution >= 4 is 5.97 Å². The lowest BCUT2D eigenvalue weighted by Crippen LogP contribution is -2.18. The maximum atomic E-state index is 13.6. The van der Waals surface area contributed by atoms with Gasteiger partial charge in [0, 0.05) is 18.2 Å². The van der Waals surface area contributed by atoms with Gasteiger partial charge in [0.25, 0.3) is 0 Å².